The van der Waals surface area contributed by atoms with Crippen LogP contribution in [-0.2, 0) is 27.1 Å². The van der Waals surface area contributed by atoms with E-state index >= 15 is 0 Å². The number of benzene rings is 2. The number of amides is 1. The van der Waals surface area contributed by atoms with Crippen molar-refractivity contribution < 1.29 is 27.5 Å². The van der Waals surface area contributed by atoms with Crippen LogP contribution in [0, 0.1) is 5.92 Å². The molecule has 3 rings (SSSR count). The Morgan fingerprint density at radius 2 is 1.70 bits per heavy atom. The SMILES string of the molecule is O=C(CNC(=O)C1CC1c1ccc(C(F)(F)F)cc1)OCc1ccccc1. The fourth-order valence-electron chi connectivity index (χ4n) is 2.85. The molecule has 0 radical (unpaired) electrons. The first-order valence-corrected chi connectivity index (χ1v) is 8.49. The minimum absolute atomic E-state index is 0.118. The zero-order chi connectivity index (χ0) is 19.4. The van der Waals surface area contributed by atoms with Gasteiger partial charge in [-0.05, 0) is 35.6 Å². The first-order valence-electron chi connectivity index (χ1n) is 8.49. The van der Waals surface area contributed by atoms with E-state index in [0.29, 0.717) is 12.0 Å². The maximum Gasteiger partial charge on any atom is 0.416 e. The highest BCUT2D eigenvalue weighted by Crippen LogP contribution is 2.47. The molecule has 7 heteroatoms. The minimum atomic E-state index is -4.38. The molecular formula is C20H18F3NO3. The zero-order valence-corrected chi connectivity index (χ0v) is 14.3. The summed E-state index contributed by atoms with van der Waals surface area (Å²) in [4.78, 5) is 23.8. The summed E-state index contributed by atoms with van der Waals surface area (Å²) in [5, 5.41) is 2.52. The van der Waals surface area contributed by atoms with Crippen molar-refractivity contribution in [3.63, 3.8) is 0 Å². The first kappa shape index (κ1) is 18.9. The summed E-state index contributed by atoms with van der Waals surface area (Å²) in [6.45, 7) is -0.102. The van der Waals surface area contributed by atoms with Crippen LogP contribution in [0.2, 0.25) is 0 Å². The number of alkyl halides is 3. The number of ether oxygens (including phenoxy) is 1. The Labute approximate surface area is 154 Å². The van der Waals surface area contributed by atoms with Gasteiger partial charge < -0.3 is 10.1 Å². The van der Waals surface area contributed by atoms with Gasteiger partial charge >= 0.3 is 12.1 Å². The number of carbonyl (C=O) groups excluding carboxylic acids is 2. The maximum atomic E-state index is 12.6. The van der Waals surface area contributed by atoms with Gasteiger partial charge in [0.1, 0.15) is 13.2 Å². The molecule has 2 aromatic rings. The smallest absolute Gasteiger partial charge is 0.416 e. The van der Waals surface area contributed by atoms with Gasteiger partial charge in [0, 0.05) is 5.92 Å². The molecule has 1 fully saturated rings. The molecule has 0 saturated heterocycles. The van der Waals surface area contributed by atoms with E-state index in [2.05, 4.69) is 5.32 Å². The summed E-state index contributed by atoms with van der Waals surface area (Å²) in [5.41, 5.74) is 0.825. The van der Waals surface area contributed by atoms with E-state index in [1.54, 1.807) is 0 Å². The van der Waals surface area contributed by atoms with Crippen LogP contribution in [0.1, 0.15) is 29.0 Å². The molecule has 1 aliphatic rings. The van der Waals surface area contributed by atoms with Crippen LogP contribution in [-0.4, -0.2) is 18.4 Å². The molecule has 0 aromatic heterocycles. The van der Waals surface area contributed by atoms with Gasteiger partial charge in [-0.15, -0.1) is 0 Å². The number of hydrogen-bond donors (Lipinski definition) is 1. The average molecular weight is 377 g/mol. The van der Waals surface area contributed by atoms with Gasteiger partial charge in [-0.3, -0.25) is 9.59 Å². The van der Waals surface area contributed by atoms with Gasteiger partial charge in [0.25, 0.3) is 0 Å². The Morgan fingerprint density at radius 1 is 1.04 bits per heavy atom. The van der Waals surface area contributed by atoms with Crippen LogP contribution in [0.4, 0.5) is 13.2 Å². The molecule has 1 amide bonds. The summed E-state index contributed by atoms with van der Waals surface area (Å²) < 4.78 is 42.8. The Hall–Kier alpha value is -2.83. The van der Waals surface area contributed by atoms with Gasteiger partial charge in [-0.1, -0.05) is 42.5 Å². The largest absolute Gasteiger partial charge is 0.460 e. The number of nitrogens with one attached hydrogen (secondary N) is 1. The Bertz CT molecular complexity index is 803. The Balaban J connectivity index is 1.42. The summed E-state index contributed by atoms with van der Waals surface area (Å²) in [6.07, 6.45) is -3.82. The van der Waals surface area contributed by atoms with E-state index in [0.717, 1.165) is 17.7 Å². The predicted octanol–water partition coefficient (Wildman–Crippen LogP) is 3.67. The zero-order valence-electron chi connectivity index (χ0n) is 14.3. The number of esters is 1. The Morgan fingerprint density at radius 3 is 2.33 bits per heavy atom. The summed E-state index contributed by atoms with van der Waals surface area (Å²) in [6, 6.07) is 14.0. The topological polar surface area (TPSA) is 55.4 Å². The number of carbonyl (C=O) groups is 2. The quantitative estimate of drug-likeness (QED) is 0.782. The van der Waals surface area contributed by atoms with Crippen LogP contribution in [0.15, 0.2) is 54.6 Å². The molecule has 0 spiro atoms. The van der Waals surface area contributed by atoms with Gasteiger partial charge in [0.05, 0.1) is 5.56 Å². The summed E-state index contributed by atoms with van der Waals surface area (Å²) >= 11 is 0. The van der Waals surface area contributed by atoms with Crippen molar-refractivity contribution in [1.29, 1.82) is 0 Å². The normalized spacial score (nSPS) is 18.6. The number of hydrogen-bond acceptors (Lipinski definition) is 3. The van der Waals surface area contributed by atoms with E-state index in [-0.39, 0.29) is 30.9 Å². The van der Waals surface area contributed by atoms with Crippen molar-refractivity contribution in [3.05, 3.63) is 71.3 Å². The molecule has 4 nitrogen and oxygen atoms in total. The predicted molar refractivity (Wildman–Crippen MR) is 91.5 cm³/mol. The lowest BCUT2D eigenvalue weighted by molar-refractivity contribution is -0.145. The van der Waals surface area contributed by atoms with E-state index in [1.807, 2.05) is 30.3 Å². The average Bonchev–Trinajstić information content (AvgIpc) is 3.45. The molecule has 1 aliphatic carbocycles. The van der Waals surface area contributed by atoms with Crippen molar-refractivity contribution in [3.8, 4) is 0 Å². The second-order valence-electron chi connectivity index (χ2n) is 6.43. The third-order valence-corrected chi connectivity index (χ3v) is 4.44. The lowest BCUT2D eigenvalue weighted by Gasteiger charge is -2.08. The van der Waals surface area contributed by atoms with E-state index in [4.69, 9.17) is 4.74 Å². The molecule has 2 aromatic carbocycles. The third kappa shape index (κ3) is 5.09. The van der Waals surface area contributed by atoms with Crippen LogP contribution >= 0.6 is 0 Å². The van der Waals surface area contributed by atoms with Gasteiger partial charge in [-0.25, -0.2) is 0 Å². The summed E-state index contributed by atoms with van der Waals surface area (Å²) in [7, 11) is 0. The number of halogens is 3. The highest BCUT2D eigenvalue weighted by atomic mass is 19.4. The van der Waals surface area contributed by atoms with Crippen LogP contribution in [0.25, 0.3) is 0 Å². The second kappa shape index (κ2) is 7.82. The van der Waals surface area contributed by atoms with Gasteiger partial charge in [-0.2, -0.15) is 13.2 Å². The van der Waals surface area contributed by atoms with E-state index in [9.17, 15) is 22.8 Å². The molecule has 142 valence electrons. The van der Waals surface area contributed by atoms with Gasteiger partial charge in [0.15, 0.2) is 0 Å². The van der Waals surface area contributed by atoms with Crippen molar-refractivity contribution in [1.82, 2.24) is 5.32 Å². The highest BCUT2D eigenvalue weighted by Gasteiger charge is 2.44. The maximum absolute atomic E-state index is 12.6. The third-order valence-electron chi connectivity index (χ3n) is 4.44. The fourth-order valence-corrected chi connectivity index (χ4v) is 2.85. The van der Waals surface area contributed by atoms with E-state index < -0.39 is 17.7 Å². The molecule has 2 unspecified atom stereocenters. The van der Waals surface area contributed by atoms with Crippen molar-refractivity contribution in [2.75, 3.05) is 6.54 Å². The monoisotopic (exact) mass is 377 g/mol. The van der Waals surface area contributed by atoms with Crippen LogP contribution < -0.4 is 5.32 Å². The first-order chi connectivity index (χ1) is 12.8. The van der Waals surface area contributed by atoms with Crippen molar-refractivity contribution in [2.45, 2.75) is 25.1 Å². The minimum Gasteiger partial charge on any atom is -0.460 e. The molecule has 0 aliphatic heterocycles. The van der Waals surface area contributed by atoms with Crippen molar-refractivity contribution in [2.24, 2.45) is 5.92 Å². The van der Waals surface area contributed by atoms with Crippen molar-refractivity contribution >= 4 is 11.9 Å². The number of rotatable bonds is 6. The molecule has 2 atom stereocenters. The van der Waals surface area contributed by atoms with E-state index in [1.165, 1.54) is 12.1 Å². The lowest BCUT2D eigenvalue weighted by atomic mass is 10.1. The molecule has 1 N–H and O–H groups in total. The van der Waals surface area contributed by atoms with Gasteiger partial charge in [0.2, 0.25) is 5.91 Å². The molecule has 0 heterocycles. The van der Waals surface area contributed by atoms with Crippen LogP contribution in [0.5, 0.6) is 0 Å². The summed E-state index contributed by atoms with van der Waals surface area (Å²) in [5.74, 6) is -1.29. The molecule has 27 heavy (non-hydrogen) atoms. The molecule has 1 saturated carbocycles. The molecule has 0 bridgehead atoms. The lowest BCUT2D eigenvalue weighted by Crippen LogP contribution is -2.32. The standard InChI is InChI=1S/C20H18F3NO3/c21-20(22,23)15-8-6-14(7-9-15)16-10-17(16)19(26)24-11-18(25)27-12-13-4-2-1-3-5-13/h1-9,16-17H,10-12H2,(H,24,26). The molecular weight excluding hydrogens is 359 g/mol. The fraction of sp³-hybridized carbons (Fsp3) is 0.300. The second-order valence-corrected chi connectivity index (χ2v) is 6.43. The Kier molecular flexibility index (Phi) is 5.48. The highest BCUT2D eigenvalue weighted by molar-refractivity contribution is 5.86. The van der Waals surface area contributed by atoms with Crippen LogP contribution in [0.3, 0.4) is 0 Å².